The summed E-state index contributed by atoms with van der Waals surface area (Å²) in [6, 6.07) is 7.14. The average Bonchev–Trinajstić information content (AvgIpc) is 2.63. The largest absolute Gasteiger partial charge is 0.494 e. The number of amides is 2. The molecule has 6 heteroatoms. The van der Waals surface area contributed by atoms with Gasteiger partial charge in [-0.2, -0.15) is 0 Å². The zero-order chi connectivity index (χ0) is 18.1. The Morgan fingerprint density at radius 1 is 1.12 bits per heavy atom. The molecule has 4 N–H and O–H groups in total. The van der Waals surface area contributed by atoms with Crippen molar-refractivity contribution >= 4 is 17.5 Å². The second-order valence-electron chi connectivity index (χ2n) is 6.72. The van der Waals surface area contributed by atoms with Crippen LogP contribution in [0.1, 0.15) is 45.4 Å². The van der Waals surface area contributed by atoms with Crippen molar-refractivity contribution in [1.29, 1.82) is 0 Å². The highest BCUT2D eigenvalue weighted by Crippen LogP contribution is 2.38. The summed E-state index contributed by atoms with van der Waals surface area (Å²) in [4.78, 5) is 24.2. The molecule has 1 aliphatic carbocycles. The van der Waals surface area contributed by atoms with E-state index in [-0.39, 0.29) is 23.8 Å². The number of benzene rings is 1. The van der Waals surface area contributed by atoms with Crippen LogP contribution in [0.3, 0.4) is 0 Å². The first-order valence-corrected chi connectivity index (χ1v) is 9.06. The van der Waals surface area contributed by atoms with Crippen LogP contribution in [0.15, 0.2) is 24.3 Å². The van der Waals surface area contributed by atoms with Crippen molar-refractivity contribution in [2.24, 2.45) is 11.1 Å². The summed E-state index contributed by atoms with van der Waals surface area (Å²) in [6.07, 6.45) is 5.86. The van der Waals surface area contributed by atoms with Gasteiger partial charge in [-0.15, -0.1) is 0 Å². The molecule has 0 spiro atoms. The standard InChI is InChI=1S/C19H29N3O3/c1-2-25-16-8-6-15(7-9-16)22-18(24)13-21-17(23)12-19(14-20)10-4-3-5-11-19/h6-9H,2-5,10-14,20H2,1H3,(H,21,23)(H,22,24). The predicted octanol–water partition coefficient (Wildman–Crippen LogP) is 2.44. The second-order valence-corrected chi connectivity index (χ2v) is 6.72. The van der Waals surface area contributed by atoms with E-state index in [9.17, 15) is 9.59 Å². The molecule has 138 valence electrons. The number of rotatable bonds is 8. The molecule has 25 heavy (non-hydrogen) atoms. The molecule has 0 atom stereocenters. The van der Waals surface area contributed by atoms with Crippen LogP contribution >= 0.6 is 0 Å². The number of nitrogens with one attached hydrogen (secondary N) is 2. The van der Waals surface area contributed by atoms with Crippen LogP contribution in [0, 0.1) is 5.41 Å². The molecule has 1 saturated carbocycles. The van der Waals surface area contributed by atoms with E-state index < -0.39 is 0 Å². The fourth-order valence-electron chi connectivity index (χ4n) is 3.34. The first kappa shape index (κ1) is 19.2. The summed E-state index contributed by atoms with van der Waals surface area (Å²) >= 11 is 0. The number of nitrogens with two attached hydrogens (primary N) is 1. The Hall–Kier alpha value is -2.08. The zero-order valence-corrected chi connectivity index (χ0v) is 15.0. The van der Waals surface area contributed by atoms with E-state index in [2.05, 4.69) is 10.6 Å². The van der Waals surface area contributed by atoms with Gasteiger partial charge in [-0.3, -0.25) is 9.59 Å². The van der Waals surface area contributed by atoms with Gasteiger partial charge in [-0.25, -0.2) is 0 Å². The van der Waals surface area contributed by atoms with Crippen molar-refractivity contribution in [3.05, 3.63) is 24.3 Å². The smallest absolute Gasteiger partial charge is 0.243 e. The van der Waals surface area contributed by atoms with E-state index in [0.717, 1.165) is 31.4 Å². The Kier molecular flexibility index (Phi) is 7.25. The van der Waals surface area contributed by atoms with Crippen LogP contribution in [0.5, 0.6) is 5.75 Å². The Bertz CT molecular complexity index is 566. The number of anilines is 1. The lowest BCUT2D eigenvalue weighted by Crippen LogP contribution is -2.40. The Morgan fingerprint density at radius 2 is 1.80 bits per heavy atom. The molecule has 0 unspecified atom stereocenters. The number of hydrogen-bond donors (Lipinski definition) is 3. The molecule has 0 radical (unpaired) electrons. The summed E-state index contributed by atoms with van der Waals surface area (Å²) in [6.45, 7) is 3.01. The summed E-state index contributed by atoms with van der Waals surface area (Å²) in [5.74, 6) is 0.408. The molecule has 0 heterocycles. The third-order valence-corrected chi connectivity index (χ3v) is 4.78. The van der Waals surface area contributed by atoms with Crippen molar-refractivity contribution in [1.82, 2.24) is 5.32 Å². The van der Waals surface area contributed by atoms with E-state index >= 15 is 0 Å². The fourth-order valence-corrected chi connectivity index (χ4v) is 3.34. The molecule has 1 fully saturated rings. The molecule has 0 aliphatic heterocycles. The summed E-state index contributed by atoms with van der Waals surface area (Å²) in [5, 5.41) is 5.47. The minimum atomic E-state index is -0.247. The first-order chi connectivity index (χ1) is 12.1. The van der Waals surface area contributed by atoms with Gasteiger partial charge in [0.2, 0.25) is 11.8 Å². The van der Waals surface area contributed by atoms with Crippen molar-refractivity contribution in [2.75, 3.05) is 25.0 Å². The highest BCUT2D eigenvalue weighted by molar-refractivity contribution is 5.94. The molecular weight excluding hydrogens is 318 g/mol. The first-order valence-electron chi connectivity index (χ1n) is 9.06. The van der Waals surface area contributed by atoms with Crippen molar-refractivity contribution in [2.45, 2.75) is 45.4 Å². The van der Waals surface area contributed by atoms with Crippen LogP contribution in [-0.4, -0.2) is 31.5 Å². The van der Waals surface area contributed by atoms with Gasteiger partial charge in [0.25, 0.3) is 0 Å². The number of hydrogen-bond acceptors (Lipinski definition) is 4. The lowest BCUT2D eigenvalue weighted by Gasteiger charge is -2.35. The van der Waals surface area contributed by atoms with Crippen molar-refractivity contribution in [3.8, 4) is 5.75 Å². The van der Waals surface area contributed by atoms with Gasteiger partial charge >= 0.3 is 0 Å². The van der Waals surface area contributed by atoms with Crippen LogP contribution in [0.25, 0.3) is 0 Å². The average molecular weight is 347 g/mol. The van der Waals surface area contributed by atoms with Gasteiger partial charge in [0, 0.05) is 12.1 Å². The molecule has 1 aromatic carbocycles. The van der Waals surface area contributed by atoms with Crippen LogP contribution in [-0.2, 0) is 9.59 Å². The third-order valence-electron chi connectivity index (χ3n) is 4.78. The number of ether oxygens (including phenoxy) is 1. The van der Waals surface area contributed by atoms with E-state index in [0.29, 0.717) is 25.3 Å². The number of carbonyl (C=O) groups excluding carboxylic acids is 2. The second kappa shape index (κ2) is 9.42. The lowest BCUT2D eigenvalue weighted by molar-refractivity contribution is -0.126. The van der Waals surface area contributed by atoms with E-state index in [1.807, 2.05) is 6.92 Å². The normalized spacial score (nSPS) is 16.1. The van der Waals surface area contributed by atoms with E-state index in [4.69, 9.17) is 10.5 Å². The summed E-state index contributed by atoms with van der Waals surface area (Å²) in [5.41, 5.74) is 6.49. The van der Waals surface area contributed by atoms with Gasteiger partial charge in [-0.1, -0.05) is 19.3 Å². The van der Waals surface area contributed by atoms with Gasteiger partial charge in [0.15, 0.2) is 0 Å². The topological polar surface area (TPSA) is 93.5 Å². The number of carbonyl (C=O) groups is 2. The summed E-state index contributed by atoms with van der Waals surface area (Å²) < 4.78 is 5.36. The summed E-state index contributed by atoms with van der Waals surface area (Å²) in [7, 11) is 0. The Labute approximate surface area is 149 Å². The molecule has 0 saturated heterocycles. The van der Waals surface area contributed by atoms with Gasteiger partial charge in [-0.05, 0) is 56.0 Å². The molecule has 1 aromatic rings. The maximum absolute atomic E-state index is 12.2. The Balaban J connectivity index is 1.76. The van der Waals surface area contributed by atoms with Crippen LogP contribution in [0.4, 0.5) is 5.69 Å². The van der Waals surface area contributed by atoms with E-state index in [1.165, 1.54) is 6.42 Å². The monoisotopic (exact) mass is 347 g/mol. The minimum absolute atomic E-state index is 0.0350. The van der Waals surface area contributed by atoms with Crippen molar-refractivity contribution in [3.63, 3.8) is 0 Å². The molecule has 6 nitrogen and oxygen atoms in total. The molecule has 0 aromatic heterocycles. The molecule has 2 rings (SSSR count). The van der Waals surface area contributed by atoms with Crippen molar-refractivity contribution < 1.29 is 14.3 Å². The van der Waals surface area contributed by atoms with Gasteiger partial charge < -0.3 is 21.1 Å². The SMILES string of the molecule is CCOc1ccc(NC(=O)CNC(=O)CC2(CN)CCCCC2)cc1. The minimum Gasteiger partial charge on any atom is -0.494 e. The van der Waals surface area contributed by atoms with Crippen LogP contribution in [0.2, 0.25) is 0 Å². The highest BCUT2D eigenvalue weighted by atomic mass is 16.5. The molecule has 0 bridgehead atoms. The predicted molar refractivity (Wildman–Crippen MR) is 98.4 cm³/mol. The van der Waals surface area contributed by atoms with E-state index in [1.54, 1.807) is 24.3 Å². The lowest BCUT2D eigenvalue weighted by atomic mass is 9.71. The van der Waals surface area contributed by atoms with Crippen LogP contribution < -0.4 is 21.1 Å². The zero-order valence-electron chi connectivity index (χ0n) is 15.0. The maximum Gasteiger partial charge on any atom is 0.243 e. The highest BCUT2D eigenvalue weighted by Gasteiger charge is 2.32. The Morgan fingerprint density at radius 3 is 2.40 bits per heavy atom. The van der Waals surface area contributed by atoms with Gasteiger partial charge in [0.05, 0.1) is 13.2 Å². The molecule has 1 aliphatic rings. The third kappa shape index (κ3) is 6.05. The fraction of sp³-hybridized carbons (Fsp3) is 0.579. The molecular formula is C19H29N3O3. The molecule has 2 amide bonds. The maximum atomic E-state index is 12.2. The van der Waals surface area contributed by atoms with Gasteiger partial charge in [0.1, 0.15) is 5.75 Å². The quantitative estimate of drug-likeness (QED) is 0.673.